The fourth-order valence-electron chi connectivity index (χ4n) is 3.92. The molecule has 0 amide bonds. The molecule has 0 radical (unpaired) electrons. The zero-order chi connectivity index (χ0) is 12.7. The Morgan fingerprint density at radius 1 is 1.33 bits per heavy atom. The second-order valence-electron chi connectivity index (χ2n) is 5.94. The Balaban J connectivity index is 1.71. The van der Waals surface area contributed by atoms with E-state index in [0.717, 1.165) is 34.2 Å². The Morgan fingerprint density at radius 3 is 2.83 bits per heavy atom. The molecule has 0 spiro atoms. The third kappa shape index (κ3) is 2.35. The van der Waals surface area contributed by atoms with Crippen LogP contribution in [0.25, 0.3) is 0 Å². The van der Waals surface area contributed by atoms with Gasteiger partial charge in [0.1, 0.15) is 5.82 Å². The second kappa shape index (κ2) is 4.93. The van der Waals surface area contributed by atoms with Gasteiger partial charge < -0.3 is 5.73 Å². The van der Waals surface area contributed by atoms with E-state index < -0.39 is 0 Å². The van der Waals surface area contributed by atoms with Gasteiger partial charge in [-0.1, -0.05) is 22.4 Å². The molecule has 18 heavy (non-hydrogen) atoms. The Kier molecular flexibility index (Phi) is 3.46. The van der Waals surface area contributed by atoms with Crippen molar-refractivity contribution in [1.29, 1.82) is 0 Å². The van der Waals surface area contributed by atoms with E-state index in [2.05, 4.69) is 15.9 Å². The van der Waals surface area contributed by atoms with Crippen molar-refractivity contribution < 1.29 is 4.39 Å². The van der Waals surface area contributed by atoms with Crippen LogP contribution in [0.2, 0.25) is 0 Å². The second-order valence-corrected chi connectivity index (χ2v) is 6.80. The van der Waals surface area contributed by atoms with E-state index in [9.17, 15) is 4.39 Å². The molecule has 4 unspecified atom stereocenters. The average molecular weight is 312 g/mol. The topological polar surface area (TPSA) is 26.0 Å². The summed E-state index contributed by atoms with van der Waals surface area (Å²) in [4.78, 5) is 0. The minimum atomic E-state index is -0.198. The van der Waals surface area contributed by atoms with Crippen molar-refractivity contribution in [1.82, 2.24) is 0 Å². The molecular weight excluding hydrogens is 293 g/mol. The van der Waals surface area contributed by atoms with Gasteiger partial charge in [-0.3, -0.25) is 0 Å². The van der Waals surface area contributed by atoms with Crippen LogP contribution in [-0.4, -0.2) is 0 Å². The van der Waals surface area contributed by atoms with Gasteiger partial charge in [-0.25, -0.2) is 4.39 Å². The molecule has 2 aliphatic rings. The van der Waals surface area contributed by atoms with Gasteiger partial charge in [0.2, 0.25) is 0 Å². The smallest absolute Gasteiger partial charge is 0.123 e. The molecule has 3 heteroatoms. The van der Waals surface area contributed by atoms with E-state index in [-0.39, 0.29) is 11.9 Å². The van der Waals surface area contributed by atoms with Crippen LogP contribution in [0.15, 0.2) is 22.7 Å². The molecule has 3 rings (SSSR count). The van der Waals surface area contributed by atoms with Crippen molar-refractivity contribution in [2.75, 3.05) is 0 Å². The van der Waals surface area contributed by atoms with Gasteiger partial charge >= 0.3 is 0 Å². The molecule has 0 saturated heterocycles. The maximum absolute atomic E-state index is 13.3. The minimum absolute atomic E-state index is 0.0422. The van der Waals surface area contributed by atoms with Crippen LogP contribution in [0, 0.1) is 23.6 Å². The van der Waals surface area contributed by atoms with Crippen LogP contribution < -0.4 is 5.73 Å². The molecule has 1 aromatic carbocycles. The van der Waals surface area contributed by atoms with E-state index >= 15 is 0 Å². The molecule has 0 heterocycles. The highest BCUT2D eigenvalue weighted by atomic mass is 79.9. The number of rotatable bonds is 3. The van der Waals surface area contributed by atoms with E-state index in [4.69, 9.17) is 5.73 Å². The monoisotopic (exact) mass is 311 g/mol. The predicted octanol–water partition coefficient (Wildman–Crippen LogP) is 4.41. The van der Waals surface area contributed by atoms with Crippen molar-refractivity contribution in [3.63, 3.8) is 0 Å². The highest BCUT2D eigenvalue weighted by molar-refractivity contribution is 9.10. The van der Waals surface area contributed by atoms with Crippen molar-refractivity contribution in [2.24, 2.45) is 23.5 Å². The third-order valence-electron chi connectivity index (χ3n) is 4.80. The van der Waals surface area contributed by atoms with Gasteiger partial charge in [0.25, 0.3) is 0 Å². The Hall–Kier alpha value is -0.410. The van der Waals surface area contributed by atoms with Gasteiger partial charge in [0.05, 0.1) is 0 Å². The summed E-state index contributed by atoms with van der Waals surface area (Å²) in [5, 5.41) is 0. The van der Waals surface area contributed by atoms with Crippen LogP contribution in [0.1, 0.15) is 43.7 Å². The fourth-order valence-corrected chi connectivity index (χ4v) is 4.46. The molecule has 1 nitrogen and oxygen atoms in total. The summed E-state index contributed by atoms with van der Waals surface area (Å²) in [6, 6.07) is 4.75. The molecule has 2 N–H and O–H groups in total. The molecule has 1 aromatic rings. The molecule has 0 aromatic heterocycles. The first-order valence-corrected chi connectivity index (χ1v) is 7.63. The van der Waals surface area contributed by atoms with Crippen LogP contribution in [0.3, 0.4) is 0 Å². The standard InChI is InChI=1S/C15H19BrFN/c16-14-4-3-12(17)8-13(14)15(18)7-11-6-9-1-2-10(11)5-9/h3-4,8-11,15H,1-2,5-7,18H2. The summed E-state index contributed by atoms with van der Waals surface area (Å²) in [7, 11) is 0. The lowest BCUT2D eigenvalue weighted by Crippen LogP contribution is -2.20. The third-order valence-corrected chi connectivity index (χ3v) is 5.52. The summed E-state index contributed by atoms with van der Waals surface area (Å²) in [5.41, 5.74) is 7.19. The van der Waals surface area contributed by atoms with Crippen LogP contribution in [-0.2, 0) is 0 Å². The molecule has 2 fully saturated rings. The Morgan fingerprint density at radius 2 is 2.17 bits per heavy atom. The first-order valence-electron chi connectivity index (χ1n) is 6.84. The van der Waals surface area contributed by atoms with Gasteiger partial charge in [-0.05, 0) is 67.2 Å². The SMILES string of the molecule is NC(CC1CC2CCC1C2)c1cc(F)ccc1Br. The number of hydrogen-bond donors (Lipinski definition) is 1. The van der Waals surface area contributed by atoms with Crippen molar-refractivity contribution >= 4 is 15.9 Å². The number of fused-ring (bicyclic) bond motifs is 2. The van der Waals surface area contributed by atoms with E-state index in [1.165, 1.54) is 31.7 Å². The van der Waals surface area contributed by atoms with Crippen molar-refractivity contribution in [3.05, 3.63) is 34.1 Å². The molecule has 0 aliphatic heterocycles. The number of benzene rings is 1. The number of nitrogens with two attached hydrogens (primary N) is 1. The van der Waals surface area contributed by atoms with E-state index in [1.54, 1.807) is 12.1 Å². The van der Waals surface area contributed by atoms with E-state index in [0.29, 0.717) is 0 Å². The largest absolute Gasteiger partial charge is 0.324 e. The zero-order valence-electron chi connectivity index (χ0n) is 10.4. The number of halogens is 2. The summed E-state index contributed by atoms with van der Waals surface area (Å²) in [6.07, 6.45) is 6.54. The molecular formula is C15H19BrFN. The molecule has 98 valence electrons. The quantitative estimate of drug-likeness (QED) is 0.879. The van der Waals surface area contributed by atoms with Crippen LogP contribution in [0.4, 0.5) is 4.39 Å². The molecule has 2 aliphatic carbocycles. The molecule has 2 saturated carbocycles. The summed E-state index contributed by atoms with van der Waals surface area (Å²) >= 11 is 3.47. The summed E-state index contributed by atoms with van der Waals surface area (Å²) in [5.74, 6) is 2.39. The normalized spacial score (nSPS) is 31.8. The lowest BCUT2D eigenvalue weighted by molar-refractivity contribution is 0.295. The summed E-state index contributed by atoms with van der Waals surface area (Å²) < 4.78 is 14.2. The Labute approximate surface area is 116 Å². The van der Waals surface area contributed by atoms with Crippen molar-refractivity contribution in [3.8, 4) is 0 Å². The number of hydrogen-bond acceptors (Lipinski definition) is 1. The minimum Gasteiger partial charge on any atom is -0.324 e. The summed E-state index contributed by atoms with van der Waals surface area (Å²) in [6.45, 7) is 0. The van der Waals surface area contributed by atoms with Gasteiger partial charge in [0.15, 0.2) is 0 Å². The molecule has 4 atom stereocenters. The highest BCUT2D eigenvalue weighted by Gasteiger charge is 2.39. The van der Waals surface area contributed by atoms with Crippen LogP contribution in [0.5, 0.6) is 0 Å². The van der Waals surface area contributed by atoms with Gasteiger partial charge in [-0.15, -0.1) is 0 Å². The lowest BCUT2D eigenvalue weighted by atomic mass is 9.83. The predicted molar refractivity (Wildman–Crippen MR) is 74.6 cm³/mol. The fraction of sp³-hybridized carbons (Fsp3) is 0.600. The van der Waals surface area contributed by atoms with E-state index in [1.807, 2.05) is 0 Å². The highest BCUT2D eigenvalue weighted by Crippen LogP contribution is 2.50. The van der Waals surface area contributed by atoms with Crippen LogP contribution >= 0.6 is 15.9 Å². The maximum atomic E-state index is 13.3. The van der Waals surface area contributed by atoms with Gasteiger partial charge in [-0.2, -0.15) is 0 Å². The lowest BCUT2D eigenvalue weighted by Gasteiger charge is -2.25. The maximum Gasteiger partial charge on any atom is 0.123 e. The zero-order valence-corrected chi connectivity index (χ0v) is 12.0. The Bertz CT molecular complexity index is 448. The average Bonchev–Trinajstić information content (AvgIpc) is 2.94. The molecule has 2 bridgehead atoms. The van der Waals surface area contributed by atoms with Crippen molar-refractivity contribution in [2.45, 2.75) is 38.1 Å². The first-order chi connectivity index (χ1) is 8.63. The van der Waals surface area contributed by atoms with Gasteiger partial charge in [0, 0.05) is 10.5 Å². The first kappa shape index (κ1) is 12.6.